The lowest BCUT2D eigenvalue weighted by Crippen LogP contribution is -2.15. The Labute approximate surface area is 179 Å². The van der Waals surface area contributed by atoms with Gasteiger partial charge in [0.05, 0.1) is 12.8 Å². The van der Waals surface area contributed by atoms with Crippen molar-refractivity contribution in [2.75, 3.05) is 12.4 Å². The maximum absolute atomic E-state index is 12.9. The van der Waals surface area contributed by atoms with Crippen LogP contribution in [0.25, 0.3) is 17.1 Å². The predicted octanol–water partition coefficient (Wildman–Crippen LogP) is 5.16. The number of carbonyl (C=O) groups is 1. The number of carbonyl (C=O) groups excluding carboxylic acids is 1. The third kappa shape index (κ3) is 4.04. The molecule has 0 fully saturated rings. The lowest BCUT2D eigenvalue weighted by molar-refractivity contribution is 0.101. The van der Waals surface area contributed by atoms with Crippen molar-refractivity contribution in [2.24, 2.45) is 0 Å². The van der Waals surface area contributed by atoms with E-state index in [1.54, 1.807) is 23.9 Å². The molecule has 0 saturated heterocycles. The van der Waals surface area contributed by atoms with Gasteiger partial charge in [0.2, 0.25) is 5.82 Å². The first-order valence-electron chi connectivity index (χ1n) is 9.29. The second kappa shape index (κ2) is 8.39. The number of hydrogen-bond acceptors (Lipinski definition) is 4. The van der Waals surface area contributed by atoms with Gasteiger partial charge >= 0.3 is 0 Å². The number of nitrogens with one attached hydrogen (secondary N) is 1. The van der Waals surface area contributed by atoms with E-state index >= 15 is 0 Å². The molecule has 0 aliphatic carbocycles. The molecule has 0 bridgehead atoms. The minimum absolute atomic E-state index is 0.0593. The second-order valence-electron chi connectivity index (χ2n) is 6.65. The van der Waals surface area contributed by atoms with E-state index in [2.05, 4.69) is 15.4 Å². The molecule has 0 spiro atoms. The normalized spacial score (nSPS) is 10.6. The summed E-state index contributed by atoms with van der Waals surface area (Å²) in [5, 5.41) is 7.86. The molecule has 4 aromatic rings. The molecule has 1 N–H and O–H groups in total. The van der Waals surface area contributed by atoms with Gasteiger partial charge in [-0.2, -0.15) is 0 Å². The first-order chi connectivity index (χ1) is 14.5. The van der Waals surface area contributed by atoms with Crippen molar-refractivity contribution >= 4 is 23.2 Å². The van der Waals surface area contributed by atoms with Gasteiger partial charge in [-0.1, -0.05) is 35.9 Å². The van der Waals surface area contributed by atoms with Crippen LogP contribution in [0, 0.1) is 6.92 Å². The number of anilines is 1. The molecule has 1 aromatic heterocycles. The summed E-state index contributed by atoms with van der Waals surface area (Å²) in [5.74, 6) is 0.935. The summed E-state index contributed by atoms with van der Waals surface area (Å²) < 4.78 is 6.89. The Morgan fingerprint density at radius 3 is 2.47 bits per heavy atom. The second-order valence-corrected chi connectivity index (χ2v) is 7.08. The zero-order valence-electron chi connectivity index (χ0n) is 16.5. The van der Waals surface area contributed by atoms with Gasteiger partial charge in [0.25, 0.3) is 5.91 Å². The third-order valence-corrected chi connectivity index (χ3v) is 4.84. The van der Waals surface area contributed by atoms with Gasteiger partial charge in [-0.3, -0.25) is 4.79 Å². The summed E-state index contributed by atoms with van der Waals surface area (Å²) in [5.41, 5.74) is 3.12. The van der Waals surface area contributed by atoms with E-state index in [0.717, 1.165) is 22.6 Å². The maximum Gasteiger partial charge on any atom is 0.295 e. The summed E-state index contributed by atoms with van der Waals surface area (Å²) in [4.78, 5) is 17.4. The highest BCUT2D eigenvalue weighted by atomic mass is 35.5. The molecular formula is C23H19ClN4O2. The van der Waals surface area contributed by atoms with Crippen LogP contribution in [0.15, 0.2) is 72.8 Å². The topological polar surface area (TPSA) is 69.0 Å². The minimum atomic E-state index is -0.412. The van der Waals surface area contributed by atoms with Crippen LogP contribution in [0.3, 0.4) is 0 Å². The third-order valence-electron chi connectivity index (χ3n) is 4.61. The van der Waals surface area contributed by atoms with E-state index in [-0.39, 0.29) is 5.82 Å². The lowest BCUT2D eigenvalue weighted by atomic mass is 10.2. The Morgan fingerprint density at radius 2 is 1.77 bits per heavy atom. The Morgan fingerprint density at radius 1 is 1.03 bits per heavy atom. The Kier molecular flexibility index (Phi) is 5.50. The van der Waals surface area contributed by atoms with Gasteiger partial charge in [0, 0.05) is 16.3 Å². The van der Waals surface area contributed by atoms with E-state index in [0.29, 0.717) is 16.5 Å². The number of ether oxygens (including phenoxy) is 1. The molecule has 6 nitrogen and oxygen atoms in total. The summed E-state index contributed by atoms with van der Waals surface area (Å²) in [6, 6.07) is 22.3. The quantitative estimate of drug-likeness (QED) is 0.486. The largest absolute Gasteiger partial charge is 0.497 e. The summed E-state index contributed by atoms with van der Waals surface area (Å²) in [6.07, 6.45) is 0. The highest BCUT2D eigenvalue weighted by Gasteiger charge is 2.19. The fraction of sp³-hybridized carbons (Fsp3) is 0.0870. The predicted molar refractivity (Wildman–Crippen MR) is 117 cm³/mol. The van der Waals surface area contributed by atoms with E-state index in [4.69, 9.17) is 16.3 Å². The smallest absolute Gasteiger partial charge is 0.295 e. The van der Waals surface area contributed by atoms with Crippen molar-refractivity contribution in [3.8, 4) is 22.8 Å². The van der Waals surface area contributed by atoms with Gasteiger partial charge in [0.1, 0.15) is 5.75 Å². The number of aryl methyl sites for hydroxylation is 1. The molecule has 0 aliphatic heterocycles. The number of para-hydroxylation sites is 1. The van der Waals surface area contributed by atoms with Crippen molar-refractivity contribution < 1.29 is 9.53 Å². The molecule has 150 valence electrons. The zero-order valence-corrected chi connectivity index (χ0v) is 17.2. The van der Waals surface area contributed by atoms with Gasteiger partial charge in [-0.25, -0.2) is 9.67 Å². The van der Waals surface area contributed by atoms with Crippen LogP contribution >= 0.6 is 11.6 Å². The van der Waals surface area contributed by atoms with Crippen molar-refractivity contribution in [2.45, 2.75) is 6.92 Å². The molecule has 30 heavy (non-hydrogen) atoms. The van der Waals surface area contributed by atoms with E-state index < -0.39 is 5.91 Å². The van der Waals surface area contributed by atoms with Crippen molar-refractivity contribution in [1.29, 1.82) is 0 Å². The SMILES string of the molecule is COc1ccc(-c2nc(C(=O)Nc3cc(Cl)ccc3C)nn2-c2ccccc2)cc1. The Bertz CT molecular complexity index is 1190. The van der Waals surface area contributed by atoms with Crippen LogP contribution in [0.2, 0.25) is 5.02 Å². The van der Waals surface area contributed by atoms with E-state index in [9.17, 15) is 4.79 Å². The number of aromatic nitrogens is 3. The Hall–Kier alpha value is -3.64. The maximum atomic E-state index is 12.9. The number of amides is 1. The molecule has 0 radical (unpaired) electrons. The average molecular weight is 419 g/mol. The molecule has 1 heterocycles. The summed E-state index contributed by atoms with van der Waals surface area (Å²) in [7, 11) is 1.61. The zero-order chi connectivity index (χ0) is 21.1. The van der Waals surface area contributed by atoms with E-state index in [1.807, 2.05) is 67.6 Å². The molecule has 1 amide bonds. The first kappa shape index (κ1) is 19.7. The highest BCUT2D eigenvalue weighted by Crippen LogP contribution is 2.25. The number of benzene rings is 3. The molecule has 0 atom stereocenters. The number of methoxy groups -OCH3 is 1. The fourth-order valence-corrected chi connectivity index (χ4v) is 3.16. The van der Waals surface area contributed by atoms with Gasteiger partial charge in [-0.15, -0.1) is 5.10 Å². The standard InChI is InChI=1S/C23H19ClN4O2/c1-15-8-11-17(24)14-20(15)25-23(29)21-26-22(16-9-12-19(30-2)13-10-16)28(27-21)18-6-4-3-5-7-18/h3-14H,1-2H3,(H,25,29). The van der Waals surface area contributed by atoms with Crippen molar-refractivity contribution in [1.82, 2.24) is 14.8 Å². The summed E-state index contributed by atoms with van der Waals surface area (Å²) in [6.45, 7) is 1.89. The molecule has 4 rings (SSSR count). The Balaban J connectivity index is 1.74. The van der Waals surface area contributed by atoms with Gasteiger partial charge in [0.15, 0.2) is 5.82 Å². The first-order valence-corrected chi connectivity index (χ1v) is 9.67. The molecule has 3 aromatic carbocycles. The van der Waals surface area contributed by atoms with Crippen LogP contribution in [0.4, 0.5) is 5.69 Å². The fourth-order valence-electron chi connectivity index (χ4n) is 2.99. The molecular weight excluding hydrogens is 400 g/mol. The monoisotopic (exact) mass is 418 g/mol. The number of halogens is 1. The molecule has 7 heteroatoms. The minimum Gasteiger partial charge on any atom is -0.497 e. The molecule has 0 unspecified atom stereocenters. The number of nitrogens with zero attached hydrogens (tertiary/aromatic N) is 3. The highest BCUT2D eigenvalue weighted by molar-refractivity contribution is 6.31. The van der Waals surface area contributed by atoms with Crippen LogP contribution in [-0.2, 0) is 0 Å². The lowest BCUT2D eigenvalue weighted by Gasteiger charge is -2.07. The van der Waals surface area contributed by atoms with Crippen LogP contribution < -0.4 is 10.1 Å². The number of rotatable bonds is 5. The average Bonchev–Trinajstić information content (AvgIpc) is 3.22. The van der Waals surface area contributed by atoms with E-state index in [1.165, 1.54) is 0 Å². The van der Waals surface area contributed by atoms with Crippen molar-refractivity contribution in [3.63, 3.8) is 0 Å². The van der Waals surface area contributed by atoms with Gasteiger partial charge in [-0.05, 0) is 61.0 Å². The van der Waals surface area contributed by atoms with Crippen molar-refractivity contribution in [3.05, 3.63) is 89.2 Å². The van der Waals surface area contributed by atoms with Crippen LogP contribution in [-0.4, -0.2) is 27.8 Å². The van der Waals surface area contributed by atoms with Crippen LogP contribution in [0.1, 0.15) is 16.2 Å². The molecule has 0 aliphatic rings. The van der Waals surface area contributed by atoms with Gasteiger partial charge < -0.3 is 10.1 Å². The number of hydrogen-bond donors (Lipinski definition) is 1. The molecule has 0 saturated carbocycles. The summed E-state index contributed by atoms with van der Waals surface area (Å²) >= 11 is 6.06. The van der Waals surface area contributed by atoms with Crippen LogP contribution in [0.5, 0.6) is 5.75 Å².